The average Bonchev–Trinajstić information content (AvgIpc) is 2.68. The molecule has 3 rings (SSSR count). The summed E-state index contributed by atoms with van der Waals surface area (Å²) in [6.45, 7) is 1.66. The molecule has 3 aromatic rings. The molecule has 0 saturated carbocycles. The van der Waals surface area contributed by atoms with Crippen molar-refractivity contribution in [2.75, 3.05) is 17.2 Å². The Balaban J connectivity index is 1.91. The van der Waals surface area contributed by atoms with Crippen LogP contribution in [0.15, 0.2) is 54.9 Å². The van der Waals surface area contributed by atoms with Crippen LogP contribution in [-0.4, -0.2) is 32.7 Å². The number of rotatable bonds is 6. The number of hydrogen-bond acceptors (Lipinski definition) is 6. The van der Waals surface area contributed by atoms with E-state index in [0.29, 0.717) is 17.2 Å². The van der Waals surface area contributed by atoms with E-state index in [1.165, 1.54) is 12.1 Å². The van der Waals surface area contributed by atoms with Gasteiger partial charge in [-0.25, -0.2) is 4.98 Å². The maximum atomic E-state index is 12.7. The number of pyridine rings is 1. The van der Waals surface area contributed by atoms with E-state index >= 15 is 0 Å². The number of anilines is 3. The quantitative estimate of drug-likeness (QED) is 0.589. The number of alkyl halides is 3. The predicted octanol–water partition coefficient (Wildman–Crippen LogP) is 4.09. The maximum Gasteiger partial charge on any atom is 0.416 e. The topological polar surface area (TPSA) is 83.0 Å². The van der Waals surface area contributed by atoms with Crippen LogP contribution < -0.4 is 10.6 Å². The fourth-order valence-corrected chi connectivity index (χ4v) is 2.39. The molecule has 1 atom stereocenters. The Labute approximate surface area is 159 Å². The van der Waals surface area contributed by atoms with Crippen molar-refractivity contribution < 1.29 is 18.3 Å². The lowest BCUT2D eigenvalue weighted by atomic mass is 10.2. The Kier molecular flexibility index (Phi) is 5.74. The third-order valence-corrected chi connectivity index (χ3v) is 3.82. The molecule has 0 unspecified atom stereocenters. The summed E-state index contributed by atoms with van der Waals surface area (Å²) >= 11 is 0. The van der Waals surface area contributed by atoms with Gasteiger partial charge in [-0.1, -0.05) is 0 Å². The number of aromatic nitrogens is 3. The van der Waals surface area contributed by atoms with Crippen molar-refractivity contribution in [1.29, 1.82) is 0 Å². The van der Waals surface area contributed by atoms with E-state index in [2.05, 4.69) is 25.6 Å². The number of nitrogens with zero attached hydrogens (tertiary/aromatic N) is 3. The second-order valence-electron chi connectivity index (χ2n) is 6.13. The van der Waals surface area contributed by atoms with Crippen LogP contribution in [0.2, 0.25) is 0 Å². The van der Waals surface area contributed by atoms with Crippen molar-refractivity contribution in [3.05, 3.63) is 60.4 Å². The SMILES string of the molecule is C[C@H](CO)Nc1nc(Nc2ccc(C(F)(F)F)cc2)cc(-c2cccnc2)n1. The Hall–Kier alpha value is -3.20. The van der Waals surface area contributed by atoms with Gasteiger partial charge in [0.25, 0.3) is 0 Å². The van der Waals surface area contributed by atoms with E-state index in [0.717, 1.165) is 17.7 Å². The van der Waals surface area contributed by atoms with Crippen LogP contribution in [0.4, 0.5) is 30.6 Å². The molecule has 6 nitrogen and oxygen atoms in total. The molecule has 0 amide bonds. The smallest absolute Gasteiger partial charge is 0.394 e. The second-order valence-corrected chi connectivity index (χ2v) is 6.13. The first kappa shape index (κ1) is 19.6. The summed E-state index contributed by atoms with van der Waals surface area (Å²) in [6, 6.07) is 9.65. The first-order valence-corrected chi connectivity index (χ1v) is 8.46. The molecular formula is C19H18F3N5O. The maximum absolute atomic E-state index is 12.7. The number of hydrogen-bond donors (Lipinski definition) is 3. The Bertz CT molecular complexity index is 917. The van der Waals surface area contributed by atoms with Crippen molar-refractivity contribution in [2.45, 2.75) is 19.1 Å². The van der Waals surface area contributed by atoms with Gasteiger partial charge in [-0.3, -0.25) is 4.98 Å². The minimum atomic E-state index is -4.39. The van der Waals surface area contributed by atoms with Crippen LogP contribution in [0.5, 0.6) is 0 Å². The van der Waals surface area contributed by atoms with Crippen molar-refractivity contribution in [2.24, 2.45) is 0 Å². The van der Waals surface area contributed by atoms with Crippen molar-refractivity contribution in [3.63, 3.8) is 0 Å². The Morgan fingerprint density at radius 1 is 1.11 bits per heavy atom. The van der Waals surface area contributed by atoms with Crippen molar-refractivity contribution in [1.82, 2.24) is 15.0 Å². The van der Waals surface area contributed by atoms with Gasteiger partial charge in [0.15, 0.2) is 0 Å². The first-order chi connectivity index (χ1) is 13.3. The highest BCUT2D eigenvalue weighted by Gasteiger charge is 2.29. The van der Waals surface area contributed by atoms with E-state index in [-0.39, 0.29) is 18.6 Å². The zero-order chi connectivity index (χ0) is 20.1. The molecule has 0 aliphatic heterocycles. The van der Waals surface area contributed by atoms with E-state index in [9.17, 15) is 18.3 Å². The molecule has 0 bridgehead atoms. The molecule has 3 N–H and O–H groups in total. The summed E-state index contributed by atoms with van der Waals surface area (Å²) in [7, 11) is 0. The Morgan fingerprint density at radius 3 is 2.46 bits per heavy atom. The average molecular weight is 389 g/mol. The lowest BCUT2D eigenvalue weighted by Gasteiger charge is -2.14. The predicted molar refractivity (Wildman–Crippen MR) is 100 cm³/mol. The minimum Gasteiger partial charge on any atom is -0.394 e. The molecule has 0 fully saturated rings. The molecule has 0 saturated heterocycles. The Morgan fingerprint density at radius 2 is 1.86 bits per heavy atom. The molecule has 28 heavy (non-hydrogen) atoms. The summed E-state index contributed by atoms with van der Waals surface area (Å²) in [4.78, 5) is 12.8. The van der Waals surface area contributed by atoms with Gasteiger partial charge in [0.1, 0.15) is 5.82 Å². The molecule has 146 valence electrons. The van der Waals surface area contributed by atoms with Crippen LogP contribution in [0.1, 0.15) is 12.5 Å². The van der Waals surface area contributed by atoms with Crippen LogP contribution >= 0.6 is 0 Å². The molecule has 2 heterocycles. The summed E-state index contributed by atoms with van der Waals surface area (Å²) in [5, 5.41) is 15.2. The molecule has 0 aliphatic rings. The van der Waals surface area contributed by atoms with Crippen LogP contribution in [0.25, 0.3) is 11.3 Å². The van der Waals surface area contributed by atoms with Crippen molar-refractivity contribution >= 4 is 17.5 Å². The summed E-state index contributed by atoms with van der Waals surface area (Å²) < 4.78 is 38.2. The van der Waals surface area contributed by atoms with Gasteiger partial charge in [0.2, 0.25) is 5.95 Å². The zero-order valence-electron chi connectivity index (χ0n) is 14.9. The lowest BCUT2D eigenvalue weighted by molar-refractivity contribution is -0.137. The molecule has 1 aromatic carbocycles. The van der Waals surface area contributed by atoms with Gasteiger partial charge < -0.3 is 15.7 Å². The van der Waals surface area contributed by atoms with Gasteiger partial charge in [-0.2, -0.15) is 18.2 Å². The highest BCUT2D eigenvalue weighted by molar-refractivity contribution is 5.67. The number of nitrogens with one attached hydrogen (secondary N) is 2. The number of halogens is 3. The van der Waals surface area contributed by atoms with Gasteiger partial charge in [-0.15, -0.1) is 0 Å². The van der Waals surface area contributed by atoms with Gasteiger partial charge >= 0.3 is 6.18 Å². The van der Waals surface area contributed by atoms with Gasteiger partial charge in [0.05, 0.1) is 17.9 Å². The number of aliphatic hydroxyl groups excluding tert-OH is 1. The fraction of sp³-hybridized carbons (Fsp3) is 0.211. The highest BCUT2D eigenvalue weighted by Crippen LogP contribution is 2.30. The monoisotopic (exact) mass is 389 g/mol. The number of aliphatic hydroxyl groups is 1. The molecule has 2 aromatic heterocycles. The van der Waals surface area contributed by atoms with Crippen LogP contribution in [0.3, 0.4) is 0 Å². The van der Waals surface area contributed by atoms with E-state index in [4.69, 9.17) is 0 Å². The molecule has 0 aliphatic carbocycles. The number of benzene rings is 1. The highest BCUT2D eigenvalue weighted by atomic mass is 19.4. The van der Waals surface area contributed by atoms with Crippen molar-refractivity contribution in [3.8, 4) is 11.3 Å². The standard InChI is InChI=1S/C19H18F3N5O/c1-12(11-28)24-18-26-16(13-3-2-8-23-10-13)9-17(27-18)25-15-6-4-14(5-7-15)19(20,21)22/h2-10,12,28H,11H2,1H3,(H2,24,25,26,27)/t12-/m1/s1. The van der Waals surface area contributed by atoms with E-state index < -0.39 is 11.7 Å². The third-order valence-electron chi connectivity index (χ3n) is 3.82. The summed E-state index contributed by atoms with van der Waals surface area (Å²) in [5.41, 5.74) is 1.05. The zero-order valence-corrected chi connectivity index (χ0v) is 14.9. The van der Waals surface area contributed by atoms with Gasteiger partial charge in [0, 0.05) is 35.8 Å². The minimum absolute atomic E-state index is 0.109. The van der Waals surface area contributed by atoms with Crippen LogP contribution in [0, 0.1) is 0 Å². The molecule has 0 spiro atoms. The third kappa shape index (κ3) is 4.95. The van der Waals surface area contributed by atoms with E-state index in [1.807, 2.05) is 6.07 Å². The lowest BCUT2D eigenvalue weighted by Crippen LogP contribution is -2.21. The molecule has 9 heteroatoms. The first-order valence-electron chi connectivity index (χ1n) is 8.46. The fourth-order valence-electron chi connectivity index (χ4n) is 2.39. The molecule has 0 radical (unpaired) electrons. The second kappa shape index (κ2) is 8.22. The summed E-state index contributed by atoms with van der Waals surface area (Å²) in [6.07, 6.45) is -1.11. The summed E-state index contributed by atoms with van der Waals surface area (Å²) in [5.74, 6) is 0.665. The van der Waals surface area contributed by atoms with E-state index in [1.54, 1.807) is 31.5 Å². The normalized spacial score (nSPS) is 12.5. The van der Waals surface area contributed by atoms with Crippen LogP contribution in [-0.2, 0) is 6.18 Å². The largest absolute Gasteiger partial charge is 0.416 e. The molecular weight excluding hydrogens is 371 g/mol. The van der Waals surface area contributed by atoms with Gasteiger partial charge in [-0.05, 0) is 43.3 Å².